The Morgan fingerprint density at radius 1 is 1.13 bits per heavy atom. The lowest BCUT2D eigenvalue weighted by Gasteiger charge is -2.18. The van der Waals surface area contributed by atoms with E-state index in [1.807, 2.05) is 31.2 Å². The van der Waals surface area contributed by atoms with Crippen molar-refractivity contribution in [2.75, 3.05) is 13.7 Å². The molecule has 1 atom stereocenters. The van der Waals surface area contributed by atoms with Crippen LogP contribution in [0.4, 0.5) is 8.78 Å². The Balaban J connectivity index is 2.19. The Labute approximate surface area is 134 Å². The molecule has 0 aliphatic heterocycles. The standard InChI is InChI=1S/C16H17F2NO3S/c1-11-5-3-4-6-15(11)16(22-2)10-19-23(20,21)14-8-12(17)7-13(18)9-14/h3-9,16,19H,10H2,1-2H3. The summed E-state index contributed by atoms with van der Waals surface area (Å²) in [5, 5.41) is 0. The van der Waals surface area contributed by atoms with E-state index in [0.717, 1.165) is 23.3 Å². The highest BCUT2D eigenvalue weighted by Crippen LogP contribution is 2.21. The number of hydrogen-bond donors (Lipinski definition) is 1. The summed E-state index contributed by atoms with van der Waals surface area (Å²) in [6.07, 6.45) is -0.510. The minimum absolute atomic E-state index is 0.0538. The van der Waals surface area contributed by atoms with E-state index in [1.54, 1.807) is 0 Å². The number of hydrogen-bond acceptors (Lipinski definition) is 3. The zero-order chi connectivity index (χ0) is 17.0. The van der Waals surface area contributed by atoms with Gasteiger partial charge in [-0.15, -0.1) is 0 Å². The molecule has 7 heteroatoms. The molecular weight excluding hydrogens is 324 g/mol. The third-order valence-corrected chi connectivity index (χ3v) is 4.83. The van der Waals surface area contributed by atoms with E-state index in [4.69, 9.17) is 4.74 Å². The van der Waals surface area contributed by atoms with Crippen LogP contribution in [-0.2, 0) is 14.8 Å². The fourth-order valence-electron chi connectivity index (χ4n) is 2.22. The predicted octanol–water partition coefficient (Wildman–Crippen LogP) is 2.94. The Hall–Kier alpha value is -1.83. The molecule has 2 aromatic rings. The van der Waals surface area contributed by atoms with Crippen LogP contribution >= 0.6 is 0 Å². The zero-order valence-corrected chi connectivity index (χ0v) is 13.5. The first-order valence-corrected chi connectivity index (χ1v) is 8.36. The number of aryl methyl sites for hydroxylation is 1. The highest BCUT2D eigenvalue weighted by molar-refractivity contribution is 7.89. The fraction of sp³-hybridized carbons (Fsp3) is 0.250. The van der Waals surface area contributed by atoms with Crippen molar-refractivity contribution >= 4 is 10.0 Å². The molecule has 0 bridgehead atoms. The third-order valence-electron chi connectivity index (χ3n) is 3.42. The molecule has 0 spiro atoms. The Morgan fingerprint density at radius 3 is 2.30 bits per heavy atom. The lowest BCUT2D eigenvalue weighted by atomic mass is 10.0. The molecular formula is C16H17F2NO3S. The van der Waals surface area contributed by atoms with Crippen molar-refractivity contribution < 1.29 is 21.9 Å². The maximum Gasteiger partial charge on any atom is 0.240 e. The summed E-state index contributed by atoms with van der Waals surface area (Å²) < 4.78 is 58.4. The van der Waals surface area contributed by atoms with Crippen LogP contribution in [0, 0.1) is 18.6 Å². The van der Waals surface area contributed by atoms with Crippen LogP contribution in [0.5, 0.6) is 0 Å². The summed E-state index contributed by atoms with van der Waals surface area (Å²) in [6, 6.07) is 9.56. The van der Waals surface area contributed by atoms with E-state index >= 15 is 0 Å². The van der Waals surface area contributed by atoms with Gasteiger partial charge in [-0.1, -0.05) is 24.3 Å². The molecule has 0 saturated carbocycles. The summed E-state index contributed by atoms with van der Waals surface area (Å²) in [4.78, 5) is -0.463. The first kappa shape index (κ1) is 17.5. The SMILES string of the molecule is COC(CNS(=O)(=O)c1cc(F)cc(F)c1)c1ccccc1C. The summed E-state index contributed by atoms with van der Waals surface area (Å²) in [7, 11) is -2.58. The van der Waals surface area contributed by atoms with Gasteiger partial charge in [-0.05, 0) is 30.2 Å². The molecule has 0 fully saturated rings. The van der Waals surface area contributed by atoms with Gasteiger partial charge in [0.2, 0.25) is 10.0 Å². The van der Waals surface area contributed by atoms with Gasteiger partial charge >= 0.3 is 0 Å². The maximum absolute atomic E-state index is 13.2. The highest BCUT2D eigenvalue weighted by atomic mass is 32.2. The number of benzene rings is 2. The van der Waals surface area contributed by atoms with Crippen molar-refractivity contribution in [3.8, 4) is 0 Å². The van der Waals surface area contributed by atoms with E-state index in [0.29, 0.717) is 6.07 Å². The van der Waals surface area contributed by atoms with Crippen molar-refractivity contribution in [2.24, 2.45) is 0 Å². The molecule has 0 aromatic heterocycles. The summed E-state index contributed by atoms with van der Waals surface area (Å²) >= 11 is 0. The first-order valence-electron chi connectivity index (χ1n) is 6.87. The molecule has 0 heterocycles. The molecule has 2 rings (SSSR count). The Kier molecular flexibility index (Phi) is 5.46. The Morgan fingerprint density at radius 2 is 1.74 bits per heavy atom. The van der Waals surface area contributed by atoms with E-state index in [9.17, 15) is 17.2 Å². The molecule has 0 saturated heterocycles. The lowest BCUT2D eigenvalue weighted by Crippen LogP contribution is -2.29. The average molecular weight is 341 g/mol. The maximum atomic E-state index is 13.2. The summed E-state index contributed by atoms with van der Waals surface area (Å²) in [5.41, 5.74) is 1.79. The predicted molar refractivity (Wildman–Crippen MR) is 82.5 cm³/mol. The van der Waals surface area contributed by atoms with Crippen molar-refractivity contribution in [2.45, 2.75) is 17.9 Å². The summed E-state index contributed by atoms with van der Waals surface area (Å²) in [5.74, 6) is -1.90. The van der Waals surface area contributed by atoms with Crippen LogP contribution < -0.4 is 4.72 Å². The van der Waals surface area contributed by atoms with Crippen molar-refractivity contribution in [3.05, 3.63) is 65.2 Å². The molecule has 1 N–H and O–H groups in total. The van der Waals surface area contributed by atoms with Gasteiger partial charge in [0.1, 0.15) is 11.6 Å². The van der Waals surface area contributed by atoms with E-state index in [-0.39, 0.29) is 6.54 Å². The zero-order valence-electron chi connectivity index (χ0n) is 12.7. The monoisotopic (exact) mass is 341 g/mol. The first-order chi connectivity index (χ1) is 10.8. The number of rotatable bonds is 6. The van der Waals surface area contributed by atoms with Gasteiger partial charge in [0, 0.05) is 19.7 Å². The number of nitrogens with one attached hydrogen (secondary N) is 1. The van der Waals surface area contributed by atoms with E-state index < -0.39 is 32.7 Å². The van der Waals surface area contributed by atoms with Crippen LogP contribution in [0.3, 0.4) is 0 Å². The second-order valence-corrected chi connectivity index (χ2v) is 6.80. The molecule has 2 aromatic carbocycles. The molecule has 0 aliphatic carbocycles. The van der Waals surface area contributed by atoms with Gasteiger partial charge in [0.15, 0.2) is 0 Å². The molecule has 0 amide bonds. The van der Waals surface area contributed by atoms with Gasteiger partial charge in [-0.25, -0.2) is 21.9 Å². The summed E-state index contributed by atoms with van der Waals surface area (Å²) in [6.45, 7) is 1.83. The molecule has 0 aliphatic rings. The number of halogens is 2. The number of sulfonamides is 1. The van der Waals surface area contributed by atoms with Crippen molar-refractivity contribution in [1.82, 2.24) is 4.72 Å². The Bertz CT molecular complexity index is 773. The highest BCUT2D eigenvalue weighted by Gasteiger charge is 2.20. The topological polar surface area (TPSA) is 55.4 Å². The van der Waals surface area contributed by atoms with Gasteiger partial charge in [0.25, 0.3) is 0 Å². The average Bonchev–Trinajstić information content (AvgIpc) is 2.48. The van der Waals surface area contributed by atoms with E-state index in [1.165, 1.54) is 7.11 Å². The third kappa shape index (κ3) is 4.34. The number of ether oxygens (including phenoxy) is 1. The quantitative estimate of drug-likeness (QED) is 0.879. The normalized spacial score (nSPS) is 13.0. The van der Waals surface area contributed by atoms with E-state index in [2.05, 4.69) is 4.72 Å². The smallest absolute Gasteiger partial charge is 0.240 e. The lowest BCUT2D eigenvalue weighted by molar-refractivity contribution is 0.107. The second-order valence-electron chi connectivity index (χ2n) is 5.04. The van der Waals surface area contributed by atoms with Gasteiger partial charge in [0.05, 0.1) is 11.0 Å². The molecule has 1 unspecified atom stereocenters. The fourth-order valence-corrected chi connectivity index (χ4v) is 3.29. The van der Waals surface area contributed by atoms with Crippen LogP contribution in [0.2, 0.25) is 0 Å². The largest absolute Gasteiger partial charge is 0.375 e. The second kappa shape index (κ2) is 7.16. The molecule has 23 heavy (non-hydrogen) atoms. The van der Waals surface area contributed by atoms with Crippen LogP contribution in [0.15, 0.2) is 47.4 Å². The van der Waals surface area contributed by atoms with Crippen molar-refractivity contribution in [1.29, 1.82) is 0 Å². The minimum Gasteiger partial charge on any atom is -0.375 e. The van der Waals surface area contributed by atoms with Crippen LogP contribution in [0.25, 0.3) is 0 Å². The van der Waals surface area contributed by atoms with Crippen LogP contribution in [0.1, 0.15) is 17.2 Å². The van der Waals surface area contributed by atoms with Gasteiger partial charge in [-0.3, -0.25) is 0 Å². The van der Waals surface area contributed by atoms with Gasteiger partial charge < -0.3 is 4.74 Å². The minimum atomic E-state index is -4.04. The van der Waals surface area contributed by atoms with Crippen molar-refractivity contribution in [3.63, 3.8) is 0 Å². The molecule has 4 nitrogen and oxygen atoms in total. The number of methoxy groups -OCH3 is 1. The molecule has 0 radical (unpaired) electrons. The van der Waals surface area contributed by atoms with Gasteiger partial charge in [-0.2, -0.15) is 0 Å². The molecule has 124 valence electrons. The van der Waals surface area contributed by atoms with Crippen LogP contribution in [-0.4, -0.2) is 22.1 Å².